The number of anilines is 1. The van der Waals surface area contributed by atoms with Gasteiger partial charge < -0.3 is 15.0 Å². The number of hydrogen-bond donors (Lipinski definition) is 1. The van der Waals surface area contributed by atoms with Gasteiger partial charge in [-0.15, -0.1) is 22.7 Å². The summed E-state index contributed by atoms with van der Waals surface area (Å²) in [5.41, 5.74) is 3.24. The molecule has 1 aliphatic rings. The minimum atomic E-state index is -0.169. The zero-order chi connectivity index (χ0) is 21.1. The van der Waals surface area contributed by atoms with Crippen LogP contribution in [0.2, 0.25) is 0 Å². The Morgan fingerprint density at radius 2 is 1.90 bits per heavy atom. The molecule has 0 aliphatic carbocycles. The predicted octanol–water partition coefficient (Wildman–Crippen LogP) is 4.14. The smallest absolute Gasteiger partial charge is 0.257 e. The summed E-state index contributed by atoms with van der Waals surface area (Å²) in [7, 11) is 0. The highest BCUT2D eigenvalue weighted by Gasteiger charge is 2.28. The molecule has 3 heterocycles. The predicted molar refractivity (Wildman–Crippen MR) is 120 cm³/mol. The van der Waals surface area contributed by atoms with Crippen LogP contribution in [-0.2, 0) is 16.0 Å². The van der Waals surface area contributed by atoms with Crippen LogP contribution in [0.4, 0.5) is 5.00 Å². The molecule has 8 heteroatoms. The highest BCUT2D eigenvalue weighted by Crippen LogP contribution is 2.40. The fourth-order valence-electron chi connectivity index (χ4n) is 3.47. The number of aryl methyl sites for hydroxylation is 1. The summed E-state index contributed by atoms with van der Waals surface area (Å²) in [5.74, 6) is -0.230. The molecule has 6 nitrogen and oxygen atoms in total. The van der Waals surface area contributed by atoms with Crippen LogP contribution in [0.15, 0.2) is 35.7 Å². The fourth-order valence-corrected chi connectivity index (χ4v) is 5.31. The van der Waals surface area contributed by atoms with Crippen molar-refractivity contribution in [1.29, 1.82) is 0 Å². The van der Waals surface area contributed by atoms with Gasteiger partial charge in [-0.1, -0.05) is 30.3 Å². The van der Waals surface area contributed by atoms with E-state index in [1.54, 1.807) is 4.90 Å². The van der Waals surface area contributed by atoms with E-state index in [1.807, 2.05) is 49.6 Å². The maximum atomic E-state index is 13.3. The first-order chi connectivity index (χ1) is 14.5. The second-order valence-corrected chi connectivity index (χ2v) is 9.20. The zero-order valence-corrected chi connectivity index (χ0v) is 18.6. The SMILES string of the molecule is Cc1nc(CC(=O)Nc2sc(-c3ccccc3)c(C)c2C(=O)N2CCOCC2)cs1. The van der Waals surface area contributed by atoms with Crippen LogP contribution in [-0.4, -0.2) is 48.0 Å². The molecule has 156 valence electrons. The molecule has 1 N–H and O–H groups in total. The van der Waals surface area contributed by atoms with E-state index in [0.29, 0.717) is 36.9 Å². The average molecular weight is 442 g/mol. The molecule has 0 saturated carbocycles. The highest BCUT2D eigenvalue weighted by atomic mass is 32.1. The molecule has 3 aromatic rings. The number of nitrogens with one attached hydrogen (secondary N) is 1. The number of hydrogen-bond acceptors (Lipinski definition) is 6. The number of carbonyl (C=O) groups excluding carboxylic acids is 2. The first-order valence-corrected chi connectivity index (χ1v) is 11.5. The lowest BCUT2D eigenvalue weighted by molar-refractivity contribution is -0.115. The Kier molecular flexibility index (Phi) is 6.26. The van der Waals surface area contributed by atoms with Crippen LogP contribution in [0.1, 0.15) is 26.6 Å². The normalized spacial score (nSPS) is 14.0. The van der Waals surface area contributed by atoms with Crippen molar-refractivity contribution in [1.82, 2.24) is 9.88 Å². The van der Waals surface area contributed by atoms with Gasteiger partial charge in [-0.25, -0.2) is 4.98 Å². The molecular formula is C22H23N3O3S2. The van der Waals surface area contributed by atoms with Gasteiger partial charge >= 0.3 is 0 Å². The zero-order valence-electron chi connectivity index (χ0n) is 16.9. The van der Waals surface area contributed by atoms with Crippen LogP contribution < -0.4 is 5.32 Å². The van der Waals surface area contributed by atoms with Gasteiger partial charge in [0.25, 0.3) is 5.91 Å². The van der Waals surface area contributed by atoms with E-state index >= 15 is 0 Å². The molecule has 0 unspecified atom stereocenters. The van der Waals surface area contributed by atoms with Gasteiger partial charge in [0.05, 0.1) is 35.9 Å². The van der Waals surface area contributed by atoms with Crippen molar-refractivity contribution in [3.05, 3.63) is 57.5 Å². The Labute approximate surface area is 183 Å². The van der Waals surface area contributed by atoms with Gasteiger partial charge in [0, 0.05) is 23.3 Å². The number of benzene rings is 1. The highest BCUT2D eigenvalue weighted by molar-refractivity contribution is 7.20. The van der Waals surface area contributed by atoms with Gasteiger partial charge in [0.2, 0.25) is 5.91 Å². The van der Waals surface area contributed by atoms with E-state index in [9.17, 15) is 9.59 Å². The van der Waals surface area contributed by atoms with Crippen LogP contribution in [0.3, 0.4) is 0 Å². The molecule has 0 radical (unpaired) electrons. The van der Waals surface area contributed by atoms with Gasteiger partial charge in [0.1, 0.15) is 5.00 Å². The molecule has 0 spiro atoms. The summed E-state index contributed by atoms with van der Waals surface area (Å²) in [6, 6.07) is 9.95. The third-order valence-corrected chi connectivity index (χ3v) is 7.03. The summed E-state index contributed by atoms with van der Waals surface area (Å²) < 4.78 is 5.39. The summed E-state index contributed by atoms with van der Waals surface area (Å²) in [5, 5.41) is 6.40. The molecule has 1 saturated heterocycles. The molecule has 0 atom stereocenters. The second kappa shape index (κ2) is 9.07. The Hall–Kier alpha value is -2.55. The third kappa shape index (κ3) is 4.45. The van der Waals surface area contributed by atoms with Crippen LogP contribution in [0, 0.1) is 13.8 Å². The minimum Gasteiger partial charge on any atom is -0.378 e. The molecule has 1 aromatic carbocycles. The average Bonchev–Trinajstić information content (AvgIpc) is 3.31. The second-order valence-electron chi connectivity index (χ2n) is 7.11. The summed E-state index contributed by atoms with van der Waals surface area (Å²) in [6.07, 6.45) is 0.188. The van der Waals surface area contributed by atoms with Crippen molar-refractivity contribution < 1.29 is 14.3 Å². The minimum absolute atomic E-state index is 0.0611. The number of aromatic nitrogens is 1. The number of nitrogens with zero attached hydrogens (tertiary/aromatic N) is 2. The van der Waals surface area contributed by atoms with E-state index in [0.717, 1.165) is 26.7 Å². The molecule has 0 bridgehead atoms. The molecule has 2 amide bonds. The van der Waals surface area contributed by atoms with Gasteiger partial charge in [-0.2, -0.15) is 0 Å². The molecule has 1 aliphatic heterocycles. The van der Waals surface area contributed by atoms with Crippen molar-refractivity contribution in [2.45, 2.75) is 20.3 Å². The summed E-state index contributed by atoms with van der Waals surface area (Å²) >= 11 is 2.97. The van der Waals surface area contributed by atoms with Gasteiger partial charge in [-0.05, 0) is 25.0 Å². The van der Waals surface area contributed by atoms with Crippen molar-refractivity contribution >= 4 is 39.5 Å². The van der Waals surface area contributed by atoms with Gasteiger partial charge in [0.15, 0.2) is 0 Å². The number of thiazole rings is 1. The number of ether oxygens (including phenoxy) is 1. The number of rotatable bonds is 5. The maximum Gasteiger partial charge on any atom is 0.257 e. The van der Waals surface area contributed by atoms with Crippen molar-refractivity contribution in [3.8, 4) is 10.4 Å². The summed E-state index contributed by atoms with van der Waals surface area (Å²) in [6.45, 7) is 6.04. The molecule has 30 heavy (non-hydrogen) atoms. The fraction of sp³-hybridized carbons (Fsp3) is 0.318. The van der Waals surface area contributed by atoms with E-state index < -0.39 is 0 Å². The maximum absolute atomic E-state index is 13.3. The number of amides is 2. The summed E-state index contributed by atoms with van der Waals surface area (Å²) in [4.78, 5) is 33.2. The van der Waals surface area contributed by atoms with Gasteiger partial charge in [-0.3, -0.25) is 9.59 Å². The Morgan fingerprint density at radius 3 is 2.57 bits per heavy atom. The van der Waals surface area contributed by atoms with Crippen LogP contribution in [0.25, 0.3) is 10.4 Å². The van der Waals surface area contributed by atoms with E-state index in [2.05, 4.69) is 10.3 Å². The first-order valence-electron chi connectivity index (χ1n) is 9.79. The molecular weight excluding hydrogens is 418 g/mol. The topological polar surface area (TPSA) is 71.5 Å². The quantitative estimate of drug-likeness (QED) is 0.646. The van der Waals surface area contributed by atoms with Crippen LogP contribution >= 0.6 is 22.7 Å². The van der Waals surface area contributed by atoms with E-state index in [1.165, 1.54) is 22.7 Å². The third-order valence-electron chi connectivity index (χ3n) is 4.96. The standard InChI is InChI=1S/C22H23N3O3S2/c1-14-19(22(27)25-8-10-28-11-9-25)21(30-20(14)16-6-4-3-5-7-16)24-18(26)12-17-13-29-15(2)23-17/h3-7,13H,8-12H2,1-2H3,(H,24,26). The number of thiophene rings is 1. The first kappa shape index (κ1) is 20.7. The lowest BCUT2D eigenvalue weighted by Crippen LogP contribution is -2.41. The lowest BCUT2D eigenvalue weighted by Gasteiger charge is -2.27. The van der Waals surface area contributed by atoms with Crippen molar-refractivity contribution in [2.75, 3.05) is 31.6 Å². The number of morpholine rings is 1. The molecule has 2 aromatic heterocycles. The number of carbonyl (C=O) groups is 2. The van der Waals surface area contributed by atoms with Crippen molar-refractivity contribution in [3.63, 3.8) is 0 Å². The lowest BCUT2D eigenvalue weighted by atomic mass is 10.1. The van der Waals surface area contributed by atoms with Crippen LogP contribution in [0.5, 0.6) is 0 Å². The molecule has 4 rings (SSSR count). The van der Waals surface area contributed by atoms with Crippen molar-refractivity contribution in [2.24, 2.45) is 0 Å². The van der Waals surface area contributed by atoms with E-state index in [-0.39, 0.29) is 18.2 Å². The van der Waals surface area contributed by atoms with E-state index in [4.69, 9.17) is 4.74 Å². The Morgan fingerprint density at radius 1 is 1.17 bits per heavy atom. The Bertz CT molecular complexity index is 1050. The Balaban J connectivity index is 1.66. The molecule has 1 fully saturated rings. The monoisotopic (exact) mass is 441 g/mol. The largest absolute Gasteiger partial charge is 0.378 e.